The van der Waals surface area contributed by atoms with Crippen LogP contribution in [0, 0.1) is 0 Å². The van der Waals surface area contributed by atoms with Crippen molar-refractivity contribution in [1.82, 2.24) is 4.98 Å². The predicted molar refractivity (Wildman–Crippen MR) is 75.4 cm³/mol. The summed E-state index contributed by atoms with van der Waals surface area (Å²) in [6.07, 6.45) is 3.64. The highest BCUT2D eigenvalue weighted by molar-refractivity contribution is 7.80. The van der Waals surface area contributed by atoms with Gasteiger partial charge in [0.2, 0.25) is 0 Å². The van der Waals surface area contributed by atoms with Gasteiger partial charge >= 0.3 is 0 Å². The molecule has 0 aromatic carbocycles. The molecule has 0 aliphatic carbocycles. The zero-order valence-corrected chi connectivity index (χ0v) is 11.2. The Bertz CT molecular complexity index is 419. The molecule has 1 saturated heterocycles. The Hall–Kier alpha value is -1.16. The summed E-state index contributed by atoms with van der Waals surface area (Å²) < 4.78 is 0. The van der Waals surface area contributed by atoms with Crippen molar-refractivity contribution in [3.05, 3.63) is 23.9 Å². The van der Waals surface area contributed by atoms with Crippen LogP contribution in [-0.2, 0) is 0 Å². The molecule has 0 spiro atoms. The molecule has 92 valence electrons. The van der Waals surface area contributed by atoms with E-state index < -0.39 is 0 Å². The van der Waals surface area contributed by atoms with Crippen molar-refractivity contribution in [2.24, 2.45) is 5.73 Å². The maximum atomic E-state index is 5.63. The van der Waals surface area contributed by atoms with Gasteiger partial charge < -0.3 is 10.6 Å². The average Bonchev–Trinajstić information content (AvgIpc) is 2.70. The van der Waals surface area contributed by atoms with Crippen molar-refractivity contribution in [1.29, 1.82) is 0 Å². The summed E-state index contributed by atoms with van der Waals surface area (Å²) in [5, 5.41) is 0. The first-order valence-corrected chi connectivity index (χ1v) is 6.59. The van der Waals surface area contributed by atoms with E-state index in [1.165, 1.54) is 12.8 Å². The number of hydrogen-bond donors (Lipinski definition) is 1. The van der Waals surface area contributed by atoms with E-state index in [2.05, 4.69) is 23.7 Å². The summed E-state index contributed by atoms with van der Waals surface area (Å²) in [5.74, 6) is 1.01. The third-order valence-electron chi connectivity index (χ3n) is 3.51. The first-order valence-electron chi connectivity index (χ1n) is 6.18. The minimum absolute atomic E-state index is 0.367. The number of nitrogens with zero attached hydrogens (tertiary/aromatic N) is 2. The van der Waals surface area contributed by atoms with Crippen LogP contribution >= 0.6 is 12.2 Å². The second-order valence-electron chi connectivity index (χ2n) is 4.64. The maximum Gasteiger partial charge on any atom is 0.129 e. The molecule has 0 bridgehead atoms. The molecule has 2 atom stereocenters. The Morgan fingerprint density at radius 1 is 1.53 bits per heavy atom. The van der Waals surface area contributed by atoms with Crippen molar-refractivity contribution in [3.8, 4) is 0 Å². The smallest absolute Gasteiger partial charge is 0.129 e. The standard InChI is InChI=1S/C13H19N3S/c1-3-10-8-7-9(2)16(10)12-6-4-5-11(15-12)13(14)17/h4-6,9-10H,3,7-8H2,1-2H3,(H2,14,17). The van der Waals surface area contributed by atoms with E-state index in [1.54, 1.807) is 0 Å². The molecule has 2 N–H and O–H groups in total. The van der Waals surface area contributed by atoms with Crippen LogP contribution in [0.25, 0.3) is 0 Å². The fourth-order valence-electron chi connectivity index (χ4n) is 2.59. The van der Waals surface area contributed by atoms with Gasteiger partial charge in [-0.05, 0) is 38.3 Å². The van der Waals surface area contributed by atoms with Crippen LogP contribution in [0.3, 0.4) is 0 Å². The van der Waals surface area contributed by atoms with Gasteiger partial charge in [0.1, 0.15) is 10.8 Å². The van der Waals surface area contributed by atoms with Gasteiger partial charge in [-0.15, -0.1) is 0 Å². The van der Waals surface area contributed by atoms with E-state index in [0.29, 0.717) is 22.8 Å². The summed E-state index contributed by atoms with van der Waals surface area (Å²) in [6.45, 7) is 4.48. The summed E-state index contributed by atoms with van der Waals surface area (Å²) in [7, 11) is 0. The van der Waals surface area contributed by atoms with Crippen LogP contribution < -0.4 is 10.6 Å². The topological polar surface area (TPSA) is 42.1 Å². The van der Waals surface area contributed by atoms with E-state index in [9.17, 15) is 0 Å². The Labute approximate surface area is 108 Å². The molecule has 3 nitrogen and oxygen atoms in total. The van der Waals surface area contributed by atoms with Gasteiger partial charge in [0.15, 0.2) is 0 Å². The monoisotopic (exact) mass is 249 g/mol. The lowest BCUT2D eigenvalue weighted by atomic mass is 10.1. The number of pyridine rings is 1. The first kappa shape index (κ1) is 12.3. The molecule has 2 rings (SSSR count). The number of anilines is 1. The Kier molecular flexibility index (Phi) is 3.62. The lowest BCUT2D eigenvalue weighted by molar-refractivity contribution is 0.621. The van der Waals surface area contributed by atoms with Gasteiger partial charge in [-0.1, -0.05) is 25.2 Å². The third kappa shape index (κ3) is 2.41. The van der Waals surface area contributed by atoms with Crippen LogP contribution in [0.4, 0.5) is 5.82 Å². The van der Waals surface area contributed by atoms with Crippen LogP contribution in [0.1, 0.15) is 38.8 Å². The second kappa shape index (κ2) is 5.00. The number of aromatic nitrogens is 1. The Morgan fingerprint density at radius 3 is 2.94 bits per heavy atom. The maximum absolute atomic E-state index is 5.63. The van der Waals surface area contributed by atoms with Crippen LogP contribution in [0.2, 0.25) is 0 Å². The minimum Gasteiger partial charge on any atom is -0.388 e. The molecular weight excluding hydrogens is 230 g/mol. The van der Waals surface area contributed by atoms with E-state index in [0.717, 1.165) is 12.2 Å². The molecular formula is C13H19N3S. The Morgan fingerprint density at radius 2 is 2.29 bits per heavy atom. The third-order valence-corrected chi connectivity index (χ3v) is 3.72. The molecule has 1 aliphatic rings. The van der Waals surface area contributed by atoms with Crippen molar-refractivity contribution in [2.75, 3.05) is 4.90 Å². The number of rotatable bonds is 3. The van der Waals surface area contributed by atoms with E-state index in [4.69, 9.17) is 18.0 Å². The molecule has 17 heavy (non-hydrogen) atoms. The molecule has 2 unspecified atom stereocenters. The first-order chi connectivity index (χ1) is 8.13. The average molecular weight is 249 g/mol. The van der Waals surface area contributed by atoms with Gasteiger partial charge in [0.05, 0.1) is 5.69 Å². The van der Waals surface area contributed by atoms with Gasteiger partial charge in [0.25, 0.3) is 0 Å². The lowest BCUT2D eigenvalue weighted by Gasteiger charge is -2.29. The normalized spacial score (nSPS) is 24.0. The SMILES string of the molecule is CCC1CCC(C)N1c1cccc(C(N)=S)n1. The highest BCUT2D eigenvalue weighted by atomic mass is 32.1. The van der Waals surface area contributed by atoms with E-state index >= 15 is 0 Å². The fraction of sp³-hybridized carbons (Fsp3) is 0.538. The number of hydrogen-bond acceptors (Lipinski definition) is 3. The molecule has 1 aliphatic heterocycles. The van der Waals surface area contributed by atoms with Crippen molar-refractivity contribution < 1.29 is 0 Å². The van der Waals surface area contributed by atoms with Gasteiger partial charge in [-0.3, -0.25) is 0 Å². The van der Waals surface area contributed by atoms with Crippen molar-refractivity contribution >= 4 is 23.0 Å². The number of thiocarbonyl (C=S) groups is 1. The molecule has 0 amide bonds. The Balaban J connectivity index is 2.32. The summed E-state index contributed by atoms with van der Waals surface area (Å²) in [5.41, 5.74) is 6.35. The van der Waals surface area contributed by atoms with Crippen molar-refractivity contribution in [2.45, 2.75) is 45.2 Å². The second-order valence-corrected chi connectivity index (χ2v) is 5.08. The lowest BCUT2D eigenvalue weighted by Crippen LogP contribution is -2.35. The van der Waals surface area contributed by atoms with Gasteiger partial charge in [-0.25, -0.2) is 4.98 Å². The highest BCUT2D eigenvalue weighted by Gasteiger charge is 2.30. The zero-order chi connectivity index (χ0) is 12.4. The zero-order valence-electron chi connectivity index (χ0n) is 10.4. The van der Waals surface area contributed by atoms with E-state index in [-0.39, 0.29) is 0 Å². The summed E-state index contributed by atoms with van der Waals surface area (Å²) in [6, 6.07) is 7.04. The minimum atomic E-state index is 0.367. The summed E-state index contributed by atoms with van der Waals surface area (Å²) in [4.78, 5) is 7.33. The van der Waals surface area contributed by atoms with Gasteiger partial charge in [-0.2, -0.15) is 0 Å². The number of nitrogens with two attached hydrogens (primary N) is 1. The van der Waals surface area contributed by atoms with Crippen molar-refractivity contribution in [3.63, 3.8) is 0 Å². The molecule has 1 aromatic heterocycles. The predicted octanol–water partition coefficient (Wildman–Crippen LogP) is 2.48. The molecule has 4 heteroatoms. The van der Waals surface area contributed by atoms with Crippen LogP contribution in [0.15, 0.2) is 18.2 Å². The van der Waals surface area contributed by atoms with Crippen LogP contribution in [-0.4, -0.2) is 22.1 Å². The van der Waals surface area contributed by atoms with E-state index in [1.807, 2.05) is 18.2 Å². The molecule has 0 radical (unpaired) electrons. The van der Waals surface area contributed by atoms with Gasteiger partial charge in [0, 0.05) is 12.1 Å². The highest BCUT2D eigenvalue weighted by Crippen LogP contribution is 2.30. The van der Waals surface area contributed by atoms with Crippen LogP contribution in [0.5, 0.6) is 0 Å². The fourth-order valence-corrected chi connectivity index (χ4v) is 2.70. The summed E-state index contributed by atoms with van der Waals surface area (Å²) >= 11 is 4.98. The molecule has 0 saturated carbocycles. The molecule has 2 heterocycles. The largest absolute Gasteiger partial charge is 0.388 e. The molecule has 1 fully saturated rings. The molecule has 1 aromatic rings. The quantitative estimate of drug-likeness (QED) is 0.836.